The van der Waals surface area contributed by atoms with Crippen LogP contribution in [0.25, 0.3) is 0 Å². The van der Waals surface area contributed by atoms with Crippen LogP contribution >= 0.6 is 0 Å². The second-order valence-corrected chi connectivity index (χ2v) is 4.19. The van der Waals surface area contributed by atoms with Gasteiger partial charge in [0.15, 0.2) is 5.78 Å². The van der Waals surface area contributed by atoms with Crippen LogP contribution in [0.15, 0.2) is 0 Å². The first-order chi connectivity index (χ1) is 6.98. The van der Waals surface area contributed by atoms with Crippen molar-refractivity contribution < 1.29 is 14.7 Å². The molecule has 1 saturated carbocycles. The van der Waals surface area contributed by atoms with E-state index in [1.807, 2.05) is 0 Å². The molecule has 0 amide bonds. The summed E-state index contributed by atoms with van der Waals surface area (Å²) in [7, 11) is 0. The minimum atomic E-state index is -0.946. The Kier molecular flexibility index (Phi) is 3.82. The summed E-state index contributed by atoms with van der Waals surface area (Å²) in [4.78, 5) is 22.4. The van der Waals surface area contributed by atoms with Gasteiger partial charge in [-0.3, -0.25) is 14.9 Å². The quantitative estimate of drug-likeness (QED) is 0.594. The molecule has 86 valence electrons. The molecule has 1 aliphatic rings. The number of hydrogen-bond donors (Lipinski definition) is 3. The van der Waals surface area contributed by atoms with Crippen LogP contribution in [0.1, 0.15) is 32.6 Å². The summed E-state index contributed by atoms with van der Waals surface area (Å²) in [5.41, 5.74) is 4.88. The molecule has 4 N–H and O–H groups in total. The Labute approximate surface area is 89.0 Å². The zero-order valence-corrected chi connectivity index (χ0v) is 8.95. The van der Waals surface area contributed by atoms with Crippen molar-refractivity contribution in [2.24, 2.45) is 5.73 Å². The molecule has 0 aromatic rings. The largest absolute Gasteiger partial charge is 0.480 e. The van der Waals surface area contributed by atoms with Crippen LogP contribution in [-0.2, 0) is 9.59 Å². The number of Topliss-reactive ketones (excluding diaryl/α,β-unsaturated/α-hetero) is 1. The van der Waals surface area contributed by atoms with Crippen LogP contribution in [0.3, 0.4) is 0 Å². The fourth-order valence-corrected chi connectivity index (χ4v) is 2.17. The maximum Gasteiger partial charge on any atom is 0.317 e. The summed E-state index contributed by atoms with van der Waals surface area (Å²) in [5, 5.41) is 11.5. The molecule has 0 aliphatic heterocycles. The first kappa shape index (κ1) is 12.1. The van der Waals surface area contributed by atoms with Gasteiger partial charge in [0.1, 0.15) is 0 Å². The highest BCUT2D eigenvalue weighted by atomic mass is 16.4. The number of carbonyl (C=O) groups is 2. The van der Waals surface area contributed by atoms with E-state index < -0.39 is 17.6 Å². The van der Waals surface area contributed by atoms with Gasteiger partial charge in [-0.15, -0.1) is 0 Å². The molecular formula is C10H18N2O3. The zero-order valence-electron chi connectivity index (χ0n) is 8.95. The Morgan fingerprint density at radius 1 is 1.47 bits per heavy atom. The average Bonchev–Trinajstić information content (AvgIpc) is 2.63. The van der Waals surface area contributed by atoms with Crippen molar-refractivity contribution in [2.45, 2.75) is 44.2 Å². The lowest BCUT2D eigenvalue weighted by Crippen LogP contribution is -2.56. The van der Waals surface area contributed by atoms with E-state index in [-0.39, 0.29) is 12.3 Å². The molecule has 1 rings (SSSR count). The van der Waals surface area contributed by atoms with Crippen molar-refractivity contribution in [3.63, 3.8) is 0 Å². The van der Waals surface area contributed by atoms with E-state index in [9.17, 15) is 9.59 Å². The van der Waals surface area contributed by atoms with Crippen LogP contribution in [0.5, 0.6) is 0 Å². The summed E-state index contributed by atoms with van der Waals surface area (Å²) in [6.07, 6.45) is 3.29. The highest BCUT2D eigenvalue weighted by molar-refractivity contribution is 5.93. The summed E-state index contributed by atoms with van der Waals surface area (Å²) < 4.78 is 0. The Hall–Kier alpha value is -0.940. The first-order valence-corrected chi connectivity index (χ1v) is 5.25. The van der Waals surface area contributed by atoms with Gasteiger partial charge in [-0.1, -0.05) is 12.8 Å². The molecule has 0 radical (unpaired) electrons. The minimum absolute atomic E-state index is 0.0683. The van der Waals surface area contributed by atoms with Gasteiger partial charge in [-0.2, -0.15) is 0 Å². The lowest BCUT2D eigenvalue weighted by Gasteiger charge is -2.29. The Balaban J connectivity index is 2.70. The summed E-state index contributed by atoms with van der Waals surface area (Å²) in [6.45, 7) is 1.46. The molecule has 1 aliphatic carbocycles. The van der Waals surface area contributed by atoms with E-state index in [2.05, 4.69) is 5.32 Å². The number of hydrogen-bond acceptors (Lipinski definition) is 4. The fourth-order valence-electron chi connectivity index (χ4n) is 2.17. The van der Waals surface area contributed by atoms with E-state index >= 15 is 0 Å². The standard InChI is InChI=1S/C10H18N2O3/c1-7(11)9(15)10(4-2-3-5-10)12-6-8(13)14/h7,12H,2-6,11H2,1H3,(H,13,14)/t7-/m0/s1. The van der Waals surface area contributed by atoms with Crippen molar-refractivity contribution in [3.05, 3.63) is 0 Å². The van der Waals surface area contributed by atoms with E-state index in [1.54, 1.807) is 6.92 Å². The lowest BCUT2D eigenvalue weighted by molar-refractivity contribution is -0.136. The van der Waals surface area contributed by atoms with E-state index in [4.69, 9.17) is 10.8 Å². The molecule has 0 bridgehead atoms. The molecule has 5 nitrogen and oxygen atoms in total. The molecule has 0 saturated heterocycles. The molecule has 0 spiro atoms. The third kappa shape index (κ3) is 2.76. The number of aliphatic carboxylic acids is 1. The van der Waals surface area contributed by atoms with Crippen molar-refractivity contribution in [1.82, 2.24) is 5.32 Å². The Morgan fingerprint density at radius 2 is 2.00 bits per heavy atom. The van der Waals surface area contributed by atoms with Gasteiger partial charge in [-0.25, -0.2) is 0 Å². The fraction of sp³-hybridized carbons (Fsp3) is 0.800. The van der Waals surface area contributed by atoms with Crippen LogP contribution in [-0.4, -0.2) is 35.0 Å². The zero-order chi connectivity index (χ0) is 11.5. The lowest BCUT2D eigenvalue weighted by atomic mass is 9.88. The summed E-state index contributed by atoms with van der Waals surface area (Å²) in [6, 6.07) is -0.538. The normalized spacial score (nSPS) is 21.2. The molecule has 0 heterocycles. The molecule has 1 fully saturated rings. The molecule has 1 atom stereocenters. The summed E-state index contributed by atoms with van der Waals surface area (Å²) >= 11 is 0. The van der Waals surface area contributed by atoms with E-state index in [0.29, 0.717) is 12.8 Å². The molecule has 0 aromatic heterocycles. The summed E-state index contributed by atoms with van der Waals surface area (Å²) in [5.74, 6) is -1.01. The maximum absolute atomic E-state index is 11.9. The van der Waals surface area contributed by atoms with Crippen LogP contribution in [0.2, 0.25) is 0 Å². The second-order valence-electron chi connectivity index (χ2n) is 4.19. The number of nitrogens with two attached hydrogens (primary N) is 1. The van der Waals surface area contributed by atoms with Gasteiger partial charge < -0.3 is 10.8 Å². The third-order valence-electron chi connectivity index (χ3n) is 2.92. The van der Waals surface area contributed by atoms with Gasteiger partial charge in [0, 0.05) is 0 Å². The van der Waals surface area contributed by atoms with Crippen LogP contribution in [0, 0.1) is 0 Å². The van der Waals surface area contributed by atoms with Gasteiger partial charge in [0.25, 0.3) is 0 Å². The van der Waals surface area contributed by atoms with Crippen molar-refractivity contribution in [1.29, 1.82) is 0 Å². The highest BCUT2D eigenvalue weighted by Gasteiger charge is 2.41. The maximum atomic E-state index is 11.9. The molecular weight excluding hydrogens is 196 g/mol. The highest BCUT2D eigenvalue weighted by Crippen LogP contribution is 2.31. The number of nitrogens with one attached hydrogen (secondary N) is 1. The number of ketones is 1. The van der Waals surface area contributed by atoms with Gasteiger partial charge in [0.05, 0.1) is 18.1 Å². The molecule has 5 heteroatoms. The number of carboxylic acids is 1. The van der Waals surface area contributed by atoms with Gasteiger partial charge in [0.2, 0.25) is 0 Å². The average molecular weight is 214 g/mol. The van der Waals surface area contributed by atoms with Crippen LogP contribution in [0.4, 0.5) is 0 Å². The molecule has 0 unspecified atom stereocenters. The number of carbonyl (C=O) groups excluding carboxylic acids is 1. The molecule has 15 heavy (non-hydrogen) atoms. The molecule has 0 aromatic carbocycles. The number of carboxylic acid groups (broad SMARTS) is 1. The van der Waals surface area contributed by atoms with Crippen LogP contribution < -0.4 is 11.1 Å². The van der Waals surface area contributed by atoms with Gasteiger partial charge in [-0.05, 0) is 19.8 Å². The third-order valence-corrected chi connectivity index (χ3v) is 2.92. The SMILES string of the molecule is C[C@H](N)C(=O)C1(NCC(=O)O)CCCC1. The number of rotatable bonds is 5. The predicted octanol–water partition coefficient (Wildman–Crippen LogP) is -0.110. The van der Waals surface area contributed by atoms with E-state index in [1.165, 1.54) is 0 Å². The van der Waals surface area contributed by atoms with Gasteiger partial charge >= 0.3 is 5.97 Å². The Bertz CT molecular complexity index is 257. The topological polar surface area (TPSA) is 92.4 Å². The first-order valence-electron chi connectivity index (χ1n) is 5.25. The van der Waals surface area contributed by atoms with Crippen molar-refractivity contribution >= 4 is 11.8 Å². The Morgan fingerprint density at radius 3 is 2.40 bits per heavy atom. The van der Waals surface area contributed by atoms with E-state index in [0.717, 1.165) is 12.8 Å². The van der Waals surface area contributed by atoms with Crippen molar-refractivity contribution in [3.8, 4) is 0 Å². The predicted molar refractivity (Wildman–Crippen MR) is 55.5 cm³/mol. The minimum Gasteiger partial charge on any atom is -0.480 e. The smallest absolute Gasteiger partial charge is 0.317 e. The van der Waals surface area contributed by atoms with Crippen molar-refractivity contribution in [2.75, 3.05) is 6.54 Å². The monoisotopic (exact) mass is 214 g/mol. The second kappa shape index (κ2) is 4.72.